The number of aromatic nitrogens is 2. The Morgan fingerprint density at radius 1 is 1.07 bits per heavy atom. The number of nitrogens with zero attached hydrogens (tertiary/aromatic N) is 3. The maximum atomic E-state index is 13.6. The predicted molar refractivity (Wildman–Crippen MR) is 176 cm³/mol. The molecule has 46 heavy (non-hydrogen) atoms. The van der Waals surface area contributed by atoms with Crippen molar-refractivity contribution in [3.05, 3.63) is 63.9 Å². The molecule has 2 atom stereocenters. The van der Waals surface area contributed by atoms with E-state index in [4.69, 9.17) is 21.3 Å². The van der Waals surface area contributed by atoms with Gasteiger partial charge in [0.1, 0.15) is 17.1 Å². The average molecular weight is 651 g/mol. The first kappa shape index (κ1) is 33.2. The molecule has 0 aliphatic carbocycles. The SMILES string of the molecule is Cc1cc(C(=O)N[C@@H](CCC(=O)N2CCC[C@]2(C)NC(=O)OC(C)(C)C)c2nc3cc(Cl)ccc3[nH]2)ccc1C(=O)N1CCCC1. The third-order valence-corrected chi connectivity index (χ3v) is 8.81. The number of likely N-dealkylation sites (tertiary alicyclic amines) is 2. The largest absolute Gasteiger partial charge is 0.444 e. The van der Waals surface area contributed by atoms with Gasteiger partial charge in [-0.1, -0.05) is 11.6 Å². The lowest BCUT2D eigenvalue weighted by Crippen LogP contribution is -2.57. The van der Waals surface area contributed by atoms with Gasteiger partial charge in [-0.25, -0.2) is 9.78 Å². The standard InChI is InChI=1S/C34H43ClN6O5/c1-21-19-22(9-11-24(21)31(44)40-16-6-7-17-40)30(43)38-26(29-36-25-12-10-23(35)20-27(25)37-29)13-14-28(42)41-18-8-15-34(41,5)39-32(45)46-33(2,3)4/h9-12,19-20,26H,6-8,13-18H2,1-5H3,(H,36,37)(H,38,43)(H,39,45)/t26-,34+/m0/s1. The Bertz CT molecular complexity index is 1640. The molecule has 11 nitrogen and oxygen atoms in total. The minimum Gasteiger partial charge on any atom is -0.444 e. The zero-order chi connectivity index (χ0) is 33.2. The van der Waals surface area contributed by atoms with Gasteiger partial charge in [0.15, 0.2) is 0 Å². The number of hydrogen-bond acceptors (Lipinski definition) is 6. The number of rotatable bonds is 8. The van der Waals surface area contributed by atoms with E-state index in [0.29, 0.717) is 40.5 Å². The molecule has 246 valence electrons. The van der Waals surface area contributed by atoms with Crippen LogP contribution < -0.4 is 10.6 Å². The van der Waals surface area contributed by atoms with Crippen LogP contribution in [0.3, 0.4) is 0 Å². The highest BCUT2D eigenvalue weighted by atomic mass is 35.5. The second kappa shape index (κ2) is 13.3. The molecule has 0 saturated carbocycles. The van der Waals surface area contributed by atoms with Crippen LogP contribution in [-0.2, 0) is 9.53 Å². The van der Waals surface area contributed by atoms with Gasteiger partial charge in [0.05, 0.1) is 17.1 Å². The van der Waals surface area contributed by atoms with Gasteiger partial charge >= 0.3 is 6.09 Å². The number of imidazole rings is 1. The van der Waals surface area contributed by atoms with Crippen molar-refractivity contribution in [1.82, 2.24) is 30.4 Å². The summed E-state index contributed by atoms with van der Waals surface area (Å²) < 4.78 is 5.45. The van der Waals surface area contributed by atoms with Crippen LogP contribution in [0.25, 0.3) is 11.0 Å². The fourth-order valence-corrected chi connectivity index (χ4v) is 6.40. The molecule has 3 aromatic rings. The maximum absolute atomic E-state index is 13.6. The number of fused-ring (bicyclic) bond motifs is 1. The van der Waals surface area contributed by atoms with Crippen molar-refractivity contribution in [1.29, 1.82) is 0 Å². The third kappa shape index (κ3) is 7.63. The summed E-state index contributed by atoms with van der Waals surface area (Å²) in [6, 6.07) is 9.75. The van der Waals surface area contributed by atoms with E-state index >= 15 is 0 Å². The van der Waals surface area contributed by atoms with E-state index in [1.54, 1.807) is 56.0 Å². The monoisotopic (exact) mass is 650 g/mol. The van der Waals surface area contributed by atoms with Crippen LogP contribution in [0.1, 0.15) is 104 Å². The number of aromatic amines is 1. The predicted octanol–water partition coefficient (Wildman–Crippen LogP) is 5.88. The summed E-state index contributed by atoms with van der Waals surface area (Å²) in [5.74, 6) is -0.0340. The van der Waals surface area contributed by atoms with Gasteiger partial charge in [-0.3, -0.25) is 19.7 Å². The van der Waals surface area contributed by atoms with Gasteiger partial charge in [0, 0.05) is 42.2 Å². The molecule has 0 bridgehead atoms. The van der Waals surface area contributed by atoms with E-state index in [-0.39, 0.29) is 30.6 Å². The highest BCUT2D eigenvalue weighted by Gasteiger charge is 2.41. The summed E-state index contributed by atoms with van der Waals surface area (Å²) >= 11 is 6.20. The van der Waals surface area contributed by atoms with Gasteiger partial charge in [0.25, 0.3) is 11.8 Å². The molecular weight excluding hydrogens is 608 g/mol. The van der Waals surface area contributed by atoms with Gasteiger partial charge < -0.3 is 24.8 Å². The van der Waals surface area contributed by atoms with Crippen LogP contribution in [0.2, 0.25) is 5.02 Å². The second-order valence-electron chi connectivity index (χ2n) is 13.4. The number of carbonyl (C=O) groups is 4. The molecule has 2 fully saturated rings. The summed E-state index contributed by atoms with van der Waals surface area (Å²) in [6.45, 7) is 11.0. The Kier molecular flexibility index (Phi) is 9.62. The smallest absolute Gasteiger partial charge is 0.409 e. The van der Waals surface area contributed by atoms with Crippen LogP contribution in [0.4, 0.5) is 4.79 Å². The molecule has 3 heterocycles. The molecule has 2 aliphatic rings. The Morgan fingerprint density at radius 2 is 1.80 bits per heavy atom. The number of hydrogen-bond donors (Lipinski definition) is 3. The molecule has 2 saturated heterocycles. The van der Waals surface area contributed by atoms with E-state index in [9.17, 15) is 19.2 Å². The second-order valence-corrected chi connectivity index (χ2v) is 13.9. The van der Waals surface area contributed by atoms with Crippen molar-refractivity contribution in [2.45, 2.75) is 90.4 Å². The number of ether oxygens (including phenoxy) is 1. The number of nitrogens with one attached hydrogen (secondary N) is 3. The topological polar surface area (TPSA) is 137 Å². The lowest BCUT2D eigenvalue weighted by atomic mass is 10.0. The van der Waals surface area contributed by atoms with Crippen molar-refractivity contribution >= 4 is 46.4 Å². The first-order valence-corrected chi connectivity index (χ1v) is 16.3. The molecule has 4 amide bonds. The molecule has 0 spiro atoms. The van der Waals surface area contributed by atoms with Crippen molar-refractivity contribution in [3.8, 4) is 0 Å². The summed E-state index contributed by atoms with van der Waals surface area (Å²) in [7, 11) is 0. The lowest BCUT2D eigenvalue weighted by molar-refractivity contribution is -0.135. The molecule has 2 aliphatic heterocycles. The van der Waals surface area contributed by atoms with Crippen molar-refractivity contribution < 1.29 is 23.9 Å². The Morgan fingerprint density at radius 3 is 2.50 bits per heavy atom. The fraction of sp³-hybridized carbons (Fsp3) is 0.500. The quantitative estimate of drug-likeness (QED) is 0.279. The third-order valence-electron chi connectivity index (χ3n) is 8.57. The van der Waals surface area contributed by atoms with E-state index in [0.717, 1.165) is 43.4 Å². The van der Waals surface area contributed by atoms with Crippen LogP contribution in [0, 0.1) is 6.92 Å². The van der Waals surface area contributed by atoms with Gasteiger partial charge in [0.2, 0.25) is 5.91 Å². The minimum absolute atomic E-state index is 0.0191. The molecule has 12 heteroatoms. The van der Waals surface area contributed by atoms with Gasteiger partial charge in [-0.05, 0) is 109 Å². The van der Waals surface area contributed by atoms with Crippen LogP contribution >= 0.6 is 11.6 Å². The molecule has 3 N–H and O–H groups in total. The summed E-state index contributed by atoms with van der Waals surface area (Å²) in [5, 5.41) is 6.48. The normalized spacial score (nSPS) is 18.9. The fourth-order valence-electron chi connectivity index (χ4n) is 6.24. The lowest BCUT2D eigenvalue weighted by Gasteiger charge is -2.36. The van der Waals surface area contributed by atoms with Crippen molar-refractivity contribution in [2.24, 2.45) is 0 Å². The first-order valence-electron chi connectivity index (χ1n) is 15.9. The van der Waals surface area contributed by atoms with Gasteiger partial charge in [-0.2, -0.15) is 0 Å². The number of amides is 4. The van der Waals surface area contributed by atoms with E-state index in [1.165, 1.54) is 0 Å². The molecule has 2 aromatic carbocycles. The van der Waals surface area contributed by atoms with E-state index in [1.807, 2.05) is 24.8 Å². The van der Waals surface area contributed by atoms with E-state index < -0.39 is 23.4 Å². The van der Waals surface area contributed by atoms with Crippen molar-refractivity contribution in [2.75, 3.05) is 19.6 Å². The highest BCUT2D eigenvalue weighted by Crippen LogP contribution is 2.30. The number of benzene rings is 2. The minimum atomic E-state index is -0.889. The zero-order valence-electron chi connectivity index (χ0n) is 27.2. The summed E-state index contributed by atoms with van der Waals surface area (Å²) in [6.07, 6.45) is 3.10. The molecule has 5 rings (SSSR count). The van der Waals surface area contributed by atoms with Crippen LogP contribution in [-0.4, -0.2) is 74.5 Å². The Balaban J connectivity index is 1.33. The van der Waals surface area contributed by atoms with Crippen molar-refractivity contribution in [3.63, 3.8) is 0 Å². The van der Waals surface area contributed by atoms with Crippen LogP contribution in [0.5, 0.6) is 0 Å². The Hall–Kier alpha value is -4.12. The van der Waals surface area contributed by atoms with Crippen LogP contribution in [0.15, 0.2) is 36.4 Å². The molecule has 0 unspecified atom stereocenters. The van der Waals surface area contributed by atoms with Gasteiger partial charge in [-0.15, -0.1) is 0 Å². The first-order chi connectivity index (χ1) is 21.7. The maximum Gasteiger partial charge on any atom is 0.409 e. The number of carbonyl (C=O) groups excluding carboxylic acids is 4. The summed E-state index contributed by atoms with van der Waals surface area (Å²) in [4.78, 5) is 64.3. The molecule has 1 aromatic heterocycles. The number of H-pyrrole nitrogens is 1. The number of aryl methyl sites for hydroxylation is 1. The number of halogens is 1. The average Bonchev–Trinajstić information content (AvgIpc) is 3.73. The van der Waals surface area contributed by atoms with E-state index in [2.05, 4.69) is 15.6 Å². The highest BCUT2D eigenvalue weighted by molar-refractivity contribution is 6.31. The summed E-state index contributed by atoms with van der Waals surface area (Å²) in [5.41, 5.74) is 1.54. The zero-order valence-corrected chi connectivity index (χ0v) is 27.9. The Labute approximate surface area is 274 Å². The number of alkyl carbamates (subject to hydrolysis) is 1. The molecule has 0 radical (unpaired) electrons. The molecular formula is C34H43ClN6O5.